The van der Waals surface area contributed by atoms with Crippen molar-refractivity contribution in [3.63, 3.8) is 0 Å². The van der Waals surface area contributed by atoms with E-state index in [9.17, 15) is 4.79 Å². The van der Waals surface area contributed by atoms with Crippen molar-refractivity contribution < 1.29 is 4.79 Å². The molecule has 0 bridgehead atoms. The molecule has 98 valence electrons. The first-order valence-corrected chi connectivity index (χ1v) is 7.21. The minimum absolute atomic E-state index is 0.246. The number of nitrogens with zero attached hydrogens (tertiary/aromatic N) is 1. The molecule has 1 aliphatic carbocycles. The molecule has 2 aromatic rings. The predicted molar refractivity (Wildman–Crippen MR) is 77.3 cm³/mol. The van der Waals surface area contributed by atoms with Gasteiger partial charge in [0.25, 0.3) is 0 Å². The van der Waals surface area contributed by atoms with E-state index < -0.39 is 0 Å². The Morgan fingerprint density at radius 2 is 1.95 bits per heavy atom. The summed E-state index contributed by atoms with van der Waals surface area (Å²) in [6.45, 7) is 0. The number of hydrogen-bond acceptors (Lipinski definition) is 2. The molecule has 1 fully saturated rings. The molecule has 1 heterocycles. The second-order valence-corrected chi connectivity index (χ2v) is 5.49. The second-order valence-electron chi connectivity index (χ2n) is 5.49. The smallest absolute Gasteiger partial charge is 0.165 e. The molecule has 0 radical (unpaired) electrons. The van der Waals surface area contributed by atoms with E-state index in [1.807, 2.05) is 30.3 Å². The van der Waals surface area contributed by atoms with E-state index in [1.54, 1.807) is 6.20 Å². The van der Waals surface area contributed by atoms with E-state index in [4.69, 9.17) is 0 Å². The molecule has 1 aromatic heterocycles. The molecule has 0 atom stereocenters. The first kappa shape index (κ1) is 12.3. The van der Waals surface area contributed by atoms with Crippen molar-refractivity contribution in [3.05, 3.63) is 42.1 Å². The predicted octanol–water partition coefficient (Wildman–Crippen LogP) is 4.39. The lowest BCUT2D eigenvalue weighted by molar-refractivity contribution is 0.0975. The highest BCUT2D eigenvalue weighted by Crippen LogP contribution is 2.29. The summed E-state index contributed by atoms with van der Waals surface area (Å²) in [6, 6.07) is 9.79. The van der Waals surface area contributed by atoms with Gasteiger partial charge in [0.05, 0.1) is 5.52 Å². The number of carbonyl (C=O) groups is 1. The van der Waals surface area contributed by atoms with Gasteiger partial charge in [0.1, 0.15) is 0 Å². The molecule has 19 heavy (non-hydrogen) atoms. The van der Waals surface area contributed by atoms with Gasteiger partial charge >= 0.3 is 0 Å². The van der Waals surface area contributed by atoms with Crippen LogP contribution in [0.4, 0.5) is 0 Å². The number of carbonyl (C=O) groups excluding carboxylic acids is 1. The zero-order valence-corrected chi connectivity index (χ0v) is 11.1. The Labute approximate surface area is 113 Å². The van der Waals surface area contributed by atoms with E-state index in [1.165, 1.54) is 25.7 Å². The highest BCUT2D eigenvalue weighted by Gasteiger charge is 2.17. The van der Waals surface area contributed by atoms with Gasteiger partial charge in [0.15, 0.2) is 5.78 Å². The molecule has 2 nitrogen and oxygen atoms in total. The minimum Gasteiger partial charge on any atom is -0.294 e. The van der Waals surface area contributed by atoms with Crippen LogP contribution in [-0.2, 0) is 0 Å². The van der Waals surface area contributed by atoms with E-state index in [2.05, 4.69) is 4.98 Å². The third-order valence-electron chi connectivity index (χ3n) is 4.19. The number of para-hydroxylation sites is 1. The van der Waals surface area contributed by atoms with Crippen LogP contribution in [0, 0.1) is 5.92 Å². The summed E-state index contributed by atoms with van der Waals surface area (Å²) < 4.78 is 0. The molecule has 0 aliphatic heterocycles. The Hall–Kier alpha value is -1.70. The standard InChI is InChI=1S/C17H19NO/c19-16(11-10-13-5-1-2-6-13)15-9-3-7-14-8-4-12-18-17(14)15/h3-4,7-9,12-13H,1-2,5-6,10-11H2. The number of aromatic nitrogens is 1. The fraction of sp³-hybridized carbons (Fsp3) is 0.412. The lowest BCUT2D eigenvalue weighted by Gasteiger charge is -2.08. The van der Waals surface area contributed by atoms with Gasteiger partial charge in [-0.15, -0.1) is 0 Å². The van der Waals surface area contributed by atoms with E-state index in [0.29, 0.717) is 6.42 Å². The van der Waals surface area contributed by atoms with Gasteiger partial charge in [0.2, 0.25) is 0 Å². The summed E-state index contributed by atoms with van der Waals surface area (Å²) in [7, 11) is 0. The highest BCUT2D eigenvalue weighted by molar-refractivity contribution is 6.06. The van der Waals surface area contributed by atoms with Crippen LogP contribution < -0.4 is 0 Å². The largest absolute Gasteiger partial charge is 0.294 e. The van der Waals surface area contributed by atoms with E-state index in [-0.39, 0.29) is 5.78 Å². The number of hydrogen-bond donors (Lipinski definition) is 0. The first-order valence-electron chi connectivity index (χ1n) is 7.21. The maximum atomic E-state index is 12.4. The summed E-state index contributed by atoms with van der Waals surface area (Å²) in [4.78, 5) is 16.7. The number of fused-ring (bicyclic) bond motifs is 1. The van der Waals surface area contributed by atoms with Gasteiger partial charge in [-0.25, -0.2) is 0 Å². The zero-order valence-electron chi connectivity index (χ0n) is 11.1. The van der Waals surface area contributed by atoms with Crippen LogP contribution in [0.3, 0.4) is 0 Å². The molecule has 0 saturated heterocycles. The second kappa shape index (κ2) is 5.52. The number of Topliss-reactive ketones (excluding diaryl/α,β-unsaturated/α-hetero) is 1. The Balaban J connectivity index is 1.77. The minimum atomic E-state index is 0.246. The van der Waals surface area contributed by atoms with Gasteiger partial charge in [0, 0.05) is 23.6 Å². The SMILES string of the molecule is O=C(CCC1CCCC1)c1cccc2cccnc12. The van der Waals surface area contributed by atoms with Crippen molar-refractivity contribution in [2.45, 2.75) is 38.5 Å². The lowest BCUT2D eigenvalue weighted by atomic mass is 9.96. The van der Waals surface area contributed by atoms with Gasteiger partial charge in [-0.1, -0.05) is 43.9 Å². The molecular weight excluding hydrogens is 234 g/mol. The van der Waals surface area contributed by atoms with Crippen molar-refractivity contribution >= 4 is 16.7 Å². The Morgan fingerprint density at radius 3 is 2.79 bits per heavy atom. The molecule has 3 rings (SSSR count). The molecule has 2 heteroatoms. The summed E-state index contributed by atoms with van der Waals surface area (Å²) in [5.74, 6) is 1.02. The molecule has 0 amide bonds. The third-order valence-corrected chi connectivity index (χ3v) is 4.19. The Bertz CT molecular complexity index is 579. The average Bonchev–Trinajstić information content (AvgIpc) is 2.97. The van der Waals surface area contributed by atoms with Crippen molar-refractivity contribution in [2.24, 2.45) is 5.92 Å². The monoisotopic (exact) mass is 253 g/mol. The molecule has 1 saturated carbocycles. The van der Waals surface area contributed by atoms with Crippen molar-refractivity contribution in [1.82, 2.24) is 4.98 Å². The molecular formula is C17H19NO. The molecule has 1 aromatic carbocycles. The van der Waals surface area contributed by atoms with Crippen LogP contribution in [0.15, 0.2) is 36.5 Å². The van der Waals surface area contributed by atoms with Crippen LogP contribution in [0.2, 0.25) is 0 Å². The first-order chi connectivity index (χ1) is 9.34. The molecule has 0 N–H and O–H groups in total. The van der Waals surface area contributed by atoms with Gasteiger partial charge in [-0.2, -0.15) is 0 Å². The highest BCUT2D eigenvalue weighted by atomic mass is 16.1. The Morgan fingerprint density at radius 1 is 1.16 bits per heavy atom. The summed E-state index contributed by atoms with van der Waals surface area (Å²) in [5, 5.41) is 1.05. The van der Waals surface area contributed by atoms with Crippen molar-refractivity contribution in [2.75, 3.05) is 0 Å². The summed E-state index contributed by atoms with van der Waals surface area (Å²) in [5.41, 5.74) is 1.64. The number of pyridine rings is 1. The third kappa shape index (κ3) is 2.67. The molecule has 1 aliphatic rings. The van der Waals surface area contributed by atoms with E-state index >= 15 is 0 Å². The summed E-state index contributed by atoms with van der Waals surface area (Å²) in [6.07, 6.45) is 8.77. The van der Waals surface area contributed by atoms with Crippen LogP contribution in [0.1, 0.15) is 48.9 Å². The van der Waals surface area contributed by atoms with Crippen molar-refractivity contribution in [1.29, 1.82) is 0 Å². The van der Waals surface area contributed by atoms with Gasteiger partial charge in [-0.3, -0.25) is 9.78 Å². The quantitative estimate of drug-likeness (QED) is 0.756. The summed E-state index contributed by atoms with van der Waals surface area (Å²) >= 11 is 0. The van der Waals surface area contributed by atoms with Crippen LogP contribution in [-0.4, -0.2) is 10.8 Å². The number of rotatable bonds is 4. The fourth-order valence-corrected chi connectivity index (χ4v) is 3.10. The Kier molecular flexibility index (Phi) is 3.58. The number of ketones is 1. The van der Waals surface area contributed by atoms with E-state index in [0.717, 1.165) is 28.8 Å². The van der Waals surface area contributed by atoms with Crippen LogP contribution >= 0.6 is 0 Å². The number of benzene rings is 1. The molecule has 0 spiro atoms. The fourth-order valence-electron chi connectivity index (χ4n) is 3.10. The topological polar surface area (TPSA) is 30.0 Å². The molecule has 0 unspecified atom stereocenters. The maximum absolute atomic E-state index is 12.4. The zero-order chi connectivity index (χ0) is 13.1. The van der Waals surface area contributed by atoms with Gasteiger partial charge in [-0.05, 0) is 24.5 Å². The van der Waals surface area contributed by atoms with Crippen LogP contribution in [0.25, 0.3) is 10.9 Å². The average molecular weight is 253 g/mol. The van der Waals surface area contributed by atoms with Crippen molar-refractivity contribution in [3.8, 4) is 0 Å². The van der Waals surface area contributed by atoms with Crippen LogP contribution in [0.5, 0.6) is 0 Å². The normalized spacial score (nSPS) is 16.0. The lowest BCUT2D eigenvalue weighted by Crippen LogP contribution is -2.04. The van der Waals surface area contributed by atoms with Gasteiger partial charge < -0.3 is 0 Å². The maximum Gasteiger partial charge on any atom is 0.165 e.